The van der Waals surface area contributed by atoms with Crippen molar-refractivity contribution >= 4 is 44.8 Å². The lowest BCUT2D eigenvalue weighted by Crippen LogP contribution is -2.46. The molecule has 1 N–H and O–H groups in total. The molecular weight excluding hydrogens is 580 g/mol. The molecule has 11 heteroatoms. The summed E-state index contributed by atoms with van der Waals surface area (Å²) >= 11 is 1.80. The molecule has 2 aromatic carbocycles. The molecule has 1 fully saturated rings. The molecule has 2 amide bonds. The fourth-order valence-corrected chi connectivity index (χ4v) is 6.71. The van der Waals surface area contributed by atoms with Crippen molar-refractivity contribution in [2.24, 2.45) is 0 Å². The van der Waals surface area contributed by atoms with Gasteiger partial charge >= 0.3 is 12.0 Å². The summed E-state index contributed by atoms with van der Waals surface area (Å²) in [7, 11) is 0. The maximum Gasteiger partial charge on any atom is 0.442 e. The van der Waals surface area contributed by atoms with Gasteiger partial charge in [0.05, 0.1) is 18.6 Å². The Morgan fingerprint density at radius 2 is 1.89 bits per heavy atom. The molecule has 2 aliphatic heterocycles. The SMILES string of the molecule is CC1(C)CC(=O)N(COC(=O)NOc2ccco2)c2cc(OCCCCN3CCN(c4cccc5sccc45)CC3)ccc21. The van der Waals surface area contributed by atoms with Crippen LogP contribution in [0, 0.1) is 0 Å². The zero-order chi connectivity index (χ0) is 30.5. The van der Waals surface area contributed by atoms with E-state index in [9.17, 15) is 9.59 Å². The Morgan fingerprint density at radius 1 is 1.02 bits per heavy atom. The second-order valence-electron chi connectivity index (χ2n) is 11.8. The molecule has 10 nitrogen and oxygen atoms in total. The number of hydrogen-bond acceptors (Lipinski definition) is 9. The van der Waals surface area contributed by atoms with Crippen molar-refractivity contribution in [1.29, 1.82) is 0 Å². The molecule has 2 aromatic heterocycles. The number of carbonyl (C=O) groups excluding carboxylic acids is 2. The first kappa shape index (κ1) is 29.8. The van der Waals surface area contributed by atoms with Gasteiger partial charge in [-0.2, -0.15) is 0 Å². The third-order valence-electron chi connectivity index (χ3n) is 8.26. The third kappa shape index (κ3) is 6.79. The van der Waals surface area contributed by atoms with Gasteiger partial charge in [-0.05, 0) is 60.7 Å². The molecule has 1 saturated heterocycles. The number of fused-ring (bicyclic) bond motifs is 2. The van der Waals surface area contributed by atoms with E-state index < -0.39 is 6.09 Å². The van der Waals surface area contributed by atoms with Gasteiger partial charge in [-0.3, -0.25) is 14.6 Å². The lowest BCUT2D eigenvalue weighted by atomic mass is 9.77. The molecule has 2 aliphatic rings. The van der Waals surface area contributed by atoms with Crippen LogP contribution in [0.5, 0.6) is 11.7 Å². The molecule has 0 radical (unpaired) electrons. The summed E-state index contributed by atoms with van der Waals surface area (Å²) < 4.78 is 17.7. The van der Waals surface area contributed by atoms with Crippen molar-refractivity contribution < 1.29 is 28.3 Å². The van der Waals surface area contributed by atoms with Crippen molar-refractivity contribution in [1.82, 2.24) is 10.4 Å². The summed E-state index contributed by atoms with van der Waals surface area (Å²) in [5.41, 5.74) is 4.81. The summed E-state index contributed by atoms with van der Waals surface area (Å²) in [5, 5.41) is 3.53. The summed E-state index contributed by atoms with van der Waals surface area (Å²) in [6.07, 6.45) is 2.85. The number of carbonyl (C=O) groups is 2. The molecule has 6 rings (SSSR count). The highest BCUT2D eigenvalue weighted by molar-refractivity contribution is 7.17. The minimum absolute atomic E-state index is 0.121. The largest absolute Gasteiger partial charge is 0.494 e. The fourth-order valence-electron chi connectivity index (χ4n) is 5.90. The summed E-state index contributed by atoms with van der Waals surface area (Å²) in [6.45, 7) is 9.63. The van der Waals surface area contributed by atoms with Gasteiger partial charge in [0, 0.05) is 65.9 Å². The average molecular weight is 619 g/mol. The van der Waals surface area contributed by atoms with Crippen LogP contribution in [0.2, 0.25) is 0 Å². The minimum atomic E-state index is -0.839. The second-order valence-corrected chi connectivity index (χ2v) is 12.7. The maximum atomic E-state index is 13.1. The summed E-state index contributed by atoms with van der Waals surface area (Å²) in [6, 6.07) is 17.8. The zero-order valence-corrected chi connectivity index (χ0v) is 25.9. The number of anilines is 2. The Labute approximate surface area is 261 Å². The first-order chi connectivity index (χ1) is 21.4. The average Bonchev–Trinajstić information content (AvgIpc) is 3.72. The highest BCUT2D eigenvalue weighted by atomic mass is 32.1. The number of hydrogen-bond donors (Lipinski definition) is 1. The van der Waals surface area contributed by atoms with Crippen LogP contribution in [0.3, 0.4) is 0 Å². The lowest BCUT2D eigenvalue weighted by molar-refractivity contribution is -0.121. The van der Waals surface area contributed by atoms with Crippen molar-refractivity contribution in [3.8, 4) is 11.7 Å². The number of nitrogens with zero attached hydrogens (tertiary/aromatic N) is 3. The van der Waals surface area contributed by atoms with Crippen LogP contribution >= 0.6 is 11.3 Å². The first-order valence-electron chi connectivity index (χ1n) is 15.0. The number of hydroxylamine groups is 1. The monoisotopic (exact) mass is 618 g/mol. The Morgan fingerprint density at radius 3 is 2.70 bits per heavy atom. The third-order valence-corrected chi connectivity index (χ3v) is 9.14. The molecule has 0 unspecified atom stereocenters. The molecule has 4 aromatic rings. The van der Waals surface area contributed by atoms with E-state index in [0.29, 0.717) is 24.5 Å². The van der Waals surface area contributed by atoms with E-state index in [1.807, 2.05) is 32.0 Å². The van der Waals surface area contributed by atoms with Crippen LogP contribution in [0.1, 0.15) is 38.7 Å². The van der Waals surface area contributed by atoms with Crippen LogP contribution in [-0.4, -0.2) is 63.0 Å². The van der Waals surface area contributed by atoms with E-state index in [1.165, 1.54) is 26.9 Å². The van der Waals surface area contributed by atoms with E-state index in [4.69, 9.17) is 18.7 Å². The molecule has 0 bridgehead atoms. The predicted molar refractivity (Wildman–Crippen MR) is 171 cm³/mol. The number of piperazine rings is 1. The van der Waals surface area contributed by atoms with Crippen LogP contribution in [0.4, 0.5) is 16.2 Å². The van der Waals surface area contributed by atoms with Crippen molar-refractivity contribution in [3.05, 3.63) is 71.8 Å². The molecule has 4 heterocycles. The van der Waals surface area contributed by atoms with Crippen molar-refractivity contribution in [3.63, 3.8) is 0 Å². The molecule has 0 saturated carbocycles. The maximum absolute atomic E-state index is 13.1. The molecule has 0 aliphatic carbocycles. The Bertz CT molecular complexity index is 1580. The second kappa shape index (κ2) is 13.2. The van der Waals surface area contributed by atoms with Gasteiger partial charge < -0.3 is 23.6 Å². The molecule has 0 spiro atoms. The van der Waals surface area contributed by atoms with E-state index in [-0.39, 0.29) is 24.0 Å². The van der Waals surface area contributed by atoms with E-state index in [2.05, 4.69) is 44.9 Å². The number of ether oxygens (including phenoxy) is 2. The molecule has 0 atom stereocenters. The number of rotatable bonds is 11. The van der Waals surface area contributed by atoms with Gasteiger partial charge in [0.2, 0.25) is 5.91 Å². The van der Waals surface area contributed by atoms with Crippen molar-refractivity contribution in [2.75, 3.05) is 55.9 Å². The normalized spacial score (nSPS) is 16.5. The standard InChI is InChI=1S/C33H38N4O6S/c1-33(2)22-30(38)37(23-42-32(39)34-43-31-9-6-19-41-31)28-21-24(10-11-26(28)33)40-18-4-3-13-35-14-16-36(17-15-35)27-7-5-8-29-25(27)12-20-44-29/h5-12,19-21H,3-4,13-18,22-23H2,1-2H3,(H,34,39). The van der Waals surface area contributed by atoms with Gasteiger partial charge in [0.15, 0.2) is 6.73 Å². The van der Waals surface area contributed by atoms with Gasteiger partial charge in [-0.15, -0.1) is 16.8 Å². The van der Waals surface area contributed by atoms with Gasteiger partial charge in [0.25, 0.3) is 0 Å². The van der Waals surface area contributed by atoms with Crippen LogP contribution < -0.4 is 24.9 Å². The van der Waals surface area contributed by atoms with E-state index in [0.717, 1.165) is 51.1 Å². The van der Waals surface area contributed by atoms with Crippen molar-refractivity contribution in [2.45, 2.75) is 38.5 Å². The Balaban J connectivity index is 0.969. The highest BCUT2D eigenvalue weighted by Gasteiger charge is 2.37. The van der Waals surface area contributed by atoms with Crippen LogP contribution in [-0.2, 0) is 14.9 Å². The quantitative estimate of drug-likeness (QED) is 0.158. The number of benzene rings is 2. The van der Waals surface area contributed by atoms with Gasteiger partial charge in [-0.25, -0.2) is 4.79 Å². The lowest BCUT2D eigenvalue weighted by Gasteiger charge is -2.38. The molecule has 232 valence electrons. The first-order valence-corrected chi connectivity index (χ1v) is 15.9. The van der Waals surface area contributed by atoms with E-state index in [1.54, 1.807) is 23.5 Å². The van der Waals surface area contributed by atoms with Gasteiger partial charge in [-0.1, -0.05) is 26.0 Å². The Kier molecular flexibility index (Phi) is 8.94. The number of nitrogens with one attached hydrogen (secondary N) is 1. The number of unbranched alkanes of at least 4 members (excludes halogenated alkanes) is 1. The highest BCUT2D eigenvalue weighted by Crippen LogP contribution is 2.42. The van der Waals surface area contributed by atoms with Gasteiger partial charge in [0.1, 0.15) is 5.75 Å². The minimum Gasteiger partial charge on any atom is -0.494 e. The van der Waals surface area contributed by atoms with E-state index >= 15 is 0 Å². The van der Waals surface area contributed by atoms with Crippen LogP contribution in [0.25, 0.3) is 10.1 Å². The van der Waals surface area contributed by atoms with Crippen LogP contribution in [0.15, 0.2) is 70.7 Å². The Hall–Kier alpha value is -4.22. The molecular formula is C33H38N4O6S. The summed E-state index contributed by atoms with van der Waals surface area (Å²) in [4.78, 5) is 36.7. The number of furan rings is 1. The number of amides is 2. The smallest absolute Gasteiger partial charge is 0.442 e. The fraction of sp³-hybridized carbons (Fsp3) is 0.394. The number of thiophene rings is 1. The predicted octanol–water partition coefficient (Wildman–Crippen LogP) is 6.17. The summed E-state index contributed by atoms with van der Waals surface area (Å²) in [5.74, 6) is 0.669. The topological polar surface area (TPSA) is 96.7 Å². The zero-order valence-electron chi connectivity index (χ0n) is 25.1. The molecule has 44 heavy (non-hydrogen) atoms.